The van der Waals surface area contributed by atoms with Crippen LogP contribution >= 0.6 is 0 Å². The monoisotopic (exact) mass is 266 g/mol. The standard InChI is InChI=1S/C12H14N2O5/c1-7-3-2-4-9(11(7)14(18)19)13-6-8(15)5-10(13)12(16)17/h2-4,8,10,15H,5-6H2,1H3,(H,16,17). The van der Waals surface area contributed by atoms with Gasteiger partial charge in [-0.1, -0.05) is 12.1 Å². The Morgan fingerprint density at radius 2 is 2.21 bits per heavy atom. The number of benzene rings is 1. The maximum Gasteiger partial charge on any atom is 0.326 e. The van der Waals surface area contributed by atoms with E-state index in [4.69, 9.17) is 5.11 Å². The molecule has 1 saturated heterocycles. The summed E-state index contributed by atoms with van der Waals surface area (Å²) in [4.78, 5) is 23.2. The summed E-state index contributed by atoms with van der Waals surface area (Å²) >= 11 is 0. The van der Waals surface area contributed by atoms with Crippen LogP contribution in [-0.4, -0.2) is 39.8 Å². The van der Waals surface area contributed by atoms with Gasteiger partial charge in [-0.05, 0) is 13.0 Å². The van der Waals surface area contributed by atoms with Crippen LogP contribution in [-0.2, 0) is 4.79 Å². The SMILES string of the molecule is Cc1cccc(N2CC(O)CC2C(=O)O)c1[N+](=O)[O-]. The van der Waals surface area contributed by atoms with Crippen molar-refractivity contribution in [3.8, 4) is 0 Å². The topological polar surface area (TPSA) is 104 Å². The summed E-state index contributed by atoms with van der Waals surface area (Å²) in [7, 11) is 0. The van der Waals surface area contributed by atoms with Crippen molar-refractivity contribution >= 4 is 17.3 Å². The highest BCUT2D eigenvalue weighted by Crippen LogP contribution is 2.35. The third-order valence-electron chi connectivity index (χ3n) is 3.27. The van der Waals surface area contributed by atoms with Crippen LogP contribution in [0.2, 0.25) is 0 Å². The number of para-hydroxylation sites is 1. The Morgan fingerprint density at radius 3 is 2.79 bits per heavy atom. The van der Waals surface area contributed by atoms with E-state index < -0.39 is 23.0 Å². The fourth-order valence-electron chi connectivity index (χ4n) is 2.43. The molecule has 7 nitrogen and oxygen atoms in total. The molecule has 7 heteroatoms. The predicted octanol–water partition coefficient (Wildman–Crippen LogP) is 0.927. The minimum Gasteiger partial charge on any atom is -0.480 e. The molecule has 0 amide bonds. The van der Waals surface area contributed by atoms with Crippen LogP contribution in [0.5, 0.6) is 0 Å². The van der Waals surface area contributed by atoms with E-state index in [1.807, 2.05) is 0 Å². The molecular weight excluding hydrogens is 252 g/mol. The number of aliphatic hydroxyl groups is 1. The molecule has 1 aromatic rings. The van der Waals surface area contributed by atoms with E-state index in [9.17, 15) is 20.0 Å². The van der Waals surface area contributed by atoms with Crippen molar-refractivity contribution in [2.45, 2.75) is 25.5 Å². The number of rotatable bonds is 3. The van der Waals surface area contributed by atoms with Crippen molar-refractivity contribution in [2.24, 2.45) is 0 Å². The van der Waals surface area contributed by atoms with Gasteiger partial charge in [0.05, 0.1) is 11.0 Å². The van der Waals surface area contributed by atoms with E-state index in [1.165, 1.54) is 11.0 Å². The number of carboxylic acid groups (broad SMARTS) is 1. The van der Waals surface area contributed by atoms with E-state index in [1.54, 1.807) is 19.1 Å². The van der Waals surface area contributed by atoms with Gasteiger partial charge in [0.25, 0.3) is 5.69 Å². The normalized spacial score (nSPS) is 22.5. The molecule has 1 aromatic carbocycles. The van der Waals surface area contributed by atoms with Crippen molar-refractivity contribution in [2.75, 3.05) is 11.4 Å². The highest BCUT2D eigenvalue weighted by atomic mass is 16.6. The van der Waals surface area contributed by atoms with Crippen molar-refractivity contribution < 1.29 is 19.9 Å². The zero-order chi connectivity index (χ0) is 14.2. The number of nitrogens with zero attached hydrogens (tertiary/aromatic N) is 2. The summed E-state index contributed by atoms with van der Waals surface area (Å²) in [6.45, 7) is 1.69. The Bertz CT molecular complexity index is 531. The van der Waals surface area contributed by atoms with Gasteiger partial charge in [0, 0.05) is 18.5 Å². The van der Waals surface area contributed by atoms with E-state index in [-0.39, 0.29) is 24.3 Å². The Labute approximate surface area is 109 Å². The molecule has 1 heterocycles. The molecule has 2 unspecified atom stereocenters. The minimum absolute atomic E-state index is 0.0699. The molecule has 0 spiro atoms. The van der Waals surface area contributed by atoms with Crippen LogP contribution in [0.1, 0.15) is 12.0 Å². The van der Waals surface area contributed by atoms with Crippen molar-refractivity contribution in [3.63, 3.8) is 0 Å². The summed E-state index contributed by atoms with van der Waals surface area (Å²) in [5, 5.41) is 29.9. The fraction of sp³-hybridized carbons (Fsp3) is 0.417. The average Bonchev–Trinajstić information content (AvgIpc) is 2.70. The third-order valence-corrected chi connectivity index (χ3v) is 3.27. The van der Waals surface area contributed by atoms with Crippen LogP contribution in [0.4, 0.5) is 11.4 Å². The Morgan fingerprint density at radius 1 is 1.53 bits per heavy atom. The number of carbonyl (C=O) groups is 1. The summed E-state index contributed by atoms with van der Waals surface area (Å²) in [6.07, 6.45) is -0.721. The first-order chi connectivity index (χ1) is 8.91. The molecule has 1 aliphatic heterocycles. The Kier molecular flexibility index (Phi) is 3.39. The first kappa shape index (κ1) is 13.3. The lowest BCUT2D eigenvalue weighted by atomic mass is 10.1. The highest BCUT2D eigenvalue weighted by molar-refractivity contribution is 5.81. The molecule has 2 N–H and O–H groups in total. The zero-order valence-corrected chi connectivity index (χ0v) is 10.3. The number of nitro benzene ring substituents is 1. The minimum atomic E-state index is -1.09. The second kappa shape index (κ2) is 4.85. The average molecular weight is 266 g/mol. The van der Waals surface area contributed by atoms with E-state index in [0.29, 0.717) is 5.56 Å². The lowest BCUT2D eigenvalue weighted by Gasteiger charge is -2.23. The maximum absolute atomic E-state index is 11.2. The van der Waals surface area contributed by atoms with E-state index in [2.05, 4.69) is 0 Å². The van der Waals surface area contributed by atoms with Crippen molar-refractivity contribution in [1.29, 1.82) is 0 Å². The zero-order valence-electron chi connectivity index (χ0n) is 10.3. The van der Waals surface area contributed by atoms with Crippen LogP contribution in [0.3, 0.4) is 0 Å². The molecule has 102 valence electrons. The molecule has 2 rings (SSSR count). The highest BCUT2D eigenvalue weighted by Gasteiger charge is 2.39. The molecule has 0 aliphatic carbocycles. The molecule has 0 radical (unpaired) electrons. The molecule has 2 atom stereocenters. The Hall–Kier alpha value is -2.15. The first-order valence-corrected chi connectivity index (χ1v) is 5.83. The number of aliphatic carboxylic acids is 1. The van der Waals surface area contributed by atoms with Gasteiger partial charge in [0.15, 0.2) is 0 Å². The second-order valence-electron chi connectivity index (χ2n) is 4.60. The number of hydrogen-bond donors (Lipinski definition) is 2. The van der Waals surface area contributed by atoms with Gasteiger partial charge in [-0.15, -0.1) is 0 Å². The van der Waals surface area contributed by atoms with Gasteiger partial charge in [-0.2, -0.15) is 0 Å². The largest absolute Gasteiger partial charge is 0.480 e. The lowest BCUT2D eigenvalue weighted by molar-refractivity contribution is -0.384. The van der Waals surface area contributed by atoms with Crippen LogP contribution < -0.4 is 4.90 Å². The number of aliphatic hydroxyl groups excluding tert-OH is 1. The first-order valence-electron chi connectivity index (χ1n) is 5.83. The quantitative estimate of drug-likeness (QED) is 0.623. The molecular formula is C12H14N2O5. The number of anilines is 1. The van der Waals surface area contributed by atoms with Gasteiger partial charge in [-0.3, -0.25) is 10.1 Å². The van der Waals surface area contributed by atoms with Gasteiger partial charge in [0.2, 0.25) is 0 Å². The molecule has 0 aromatic heterocycles. The lowest BCUT2D eigenvalue weighted by Crippen LogP contribution is -2.36. The molecule has 0 saturated carbocycles. The summed E-state index contributed by atoms with van der Waals surface area (Å²) < 4.78 is 0. The molecule has 1 aliphatic rings. The second-order valence-corrected chi connectivity index (χ2v) is 4.60. The molecule has 19 heavy (non-hydrogen) atoms. The summed E-state index contributed by atoms with van der Waals surface area (Å²) in [5.74, 6) is -1.09. The number of nitro groups is 1. The van der Waals surface area contributed by atoms with Crippen LogP contribution in [0.15, 0.2) is 18.2 Å². The Balaban J connectivity index is 2.49. The van der Waals surface area contributed by atoms with Gasteiger partial charge >= 0.3 is 5.97 Å². The fourth-order valence-corrected chi connectivity index (χ4v) is 2.43. The van der Waals surface area contributed by atoms with E-state index in [0.717, 1.165) is 0 Å². The van der Waals surface area contributed by atoms with Gasteiger partial charge in [0.1, 0.15) is 11.7 Å². The number of β-amino-alcohol motifs (C(OH)–C–C–N with tert-alkyl or cyclic N) is 1. The summed E-state index contributed by atoms with van der Waals surface area (Å²) in [6, 6.07) is 3.82. The van der Waals surface area contributed by atoms with Crippen LogP contribution in [0, 0.1) is 17.0 Å². The van der Waals surface area contributed by atoms with Crippen LogP contribution in [0.25, 0.3) is 0 Å². The van der Waals surface area contributed by atoms with Gasteiger partial charge in [-0.25, -0.2) is 4.79 Å². The summed E-state index contributed by atoms with van der Waals surface area (Å²) in [5.41, 5.74) is 0.602. The number of hydrogen-bond acceptors (Lipinski definition) is 5. The van der Waals surface area contributed by atoms with Gasteiger partial charge < -0.3 is 15.1 Å². The number of carboxylic acids is 1. The third kappa shape index (κ3) is 2.37. The molecule has 0 bridgehead atoms. The predicted molar refractivity (Wildman–Crippen MR) is 67.2 cm³/mol. The van der Waals surface area contributed by atoms with E-state index >= 15 is 0 Å². The maximum atomic E-state index is 11.2. The van der Waals surface area contributed by atoms with Crippen molar-refractivity contribution in [3.05, 3.63) is 33.9 Å². The smallest absolute Gasteiger partial charge is 0.326 e. The number of aryl methyl sites for hydroxylation is 1. The van der Waals surface area contributed by atoms with Crippen molar-refractivity contribution in [1.82, 2.24) is 0 Å². The molecule has 1 fully saturated rings.